The van der Waals surface area contributed by atoms with Gasteiger partial charge in [0.2, 0.25) is 0 Å². The highest BCUT2D eigenvalue weighted by Gasteiger charge is 2.26. The van der Waals surface area contributed by atoms with E-state index < -0.39 is 0 Å². The molecule has 1 amide bonds. The van der Waals surface area contributed by atoms with Crippen molar-refractivity contribution in [2.24, 2.45) is 0 Å². The number of rotatable bonds is 3. The quantitative estimate of drug-likeness (QED) is 0.797. The Morgan fingerprint density at radius 3 is 2.94 bits per heavy atom. The van der Waals surface area contributed by atoms with Crippen molar-refractivity contribution in [3.8, 4) is 0 Å². The maximum absolute atomic E-state index is 11.9. The first-order valence-electron chi connectivity index (χ1n) is 5.74. The van der Waals surface area contributed by atoms with Crippen LogP contribution in [0, 0.1) is 0 Å². The smallest absolute Gasteiger partial charge is 0.253 e. The molecule has 1 heterocycles. The molecule has 1 aliphatic heterocycles. The van der Waals surface area contributed by atoms with Crippen molar-refractivity contribution in [2.45, 2.75) is 13.3 Å². The van der Waals surface area contributed by atoms with Crippen LogP contribution in [0.3, 0.4) is 0 Å². The Kier molecular flexibility index (Phi) is 3.54. The van der Waals surface area contributed by atoms with Crippen molar-refractivity contribution < 1.29 is 14.3 Å². The third kappa shape index (κ3) is 2.36. The number of Topliss-reactive ketones (excluding diaryl/α,β-unsaturated/α-hetero) is 1. The number of benzene rings is 1. The van der Waals surface area contributed by atoms with Gasteiger partial charge in [-0.3, -0.25) is 9.59 Å². The van der Waals surface area contributed by atoms with Crippen LogP contribution in [0.2, 0.25) is 0 Å². The van der Waals surface area contributed by atoms with Gasteiger partial charge in [0.15, 0.2) is 5.78 Å². The highest BCUT2D eigenvalue weighted by molar-refractivity contribution is 6.08. The lowest BCUT2D eigenvalue weighted by Crippen LogP contribution is -2.39. The molecule has 90 valence electrons. The molecule has 0 spiro atoms. The zero-order valence-electron chi connectivity index (χ0n) is 9.81. The molecule has 0 aliphatic carbocycles. The second kappa shape index (κ2) is 5.10. The summed E-state index contributed by atoms with van der Waals surface area (Å²) >= 11 is 0. The summed E-state index contributed by atoms with van der Waals surface area (Å²) in [6, 6.07) is 7.21. The minimum atomic E-state index is -0.0909. The topological polar surface area (TPSA) is 46.6 Å². The third-order valence-corrected chi connectivity index (χ3v) is 2.79. The lowest BCUT2D eigenvalue weighted by Gasteiger charge is -2.28. The van der Waals surface area contributed by atoms with Crippen molar-refractivity contribution >= 4 is 17.4 Å². The van der Waals surface area contributed by atoms with Crippen molar-refractivity contribution in [3.63, 3.8) is 0 Å². The Hall–Kier alpha value is -1.68. The number of nitrogens with zero attached hydrogens (tertiary/aromatic N) is 1. The van der Waals surface area contributed by atoms with Crippen molar-refractivity contribution in [3.05, 3.63) is 29.8 Å². The van der Waals surface area contributed by atoms with E-state index in [0.29, 0.717) is 30.8 Å². The van der Waals surface area contributed by atoms with Crippen LogP contribution in [0.4, 0.5) is 5.69 Å². The average Bonchev–Trinajstić information content (AvgIpc) is 2.37. The fourth-order valence-electron chi connectivity index (χ4n) is 1.94. The Bertz CT molecular complexity index is 442. The van der Waals surface area contributed by atoms with Gasteiger partial charge in [0, 0.05) is 25.1 Å². The predicted molar refractivity (Wildman–Crippen MR) is 64.2 cm³/mol. The van der Waals surface area contributed by atoms with Crippen LogP contribution in [-0.2, 0) is 9.53 Å². The van der Waals surface area contributed by atoms with Crippen LogP contribution in [0.1, 0.15) is 23.7 Å². The monoisotopic (exact) mass is 233 g/mol. The van der Waals surface area contributed by atoms with E-state index in [2.05, 4.69) is 0 Å². The largest absolute Gasteiger partial charge is 0.372 e. The number of hydrogen-bond acceptors (Lipinski definition) is 3. The number of anilines is 1. The predicted octanol–water partition coefficient (Wildman–Crippen LogP) is 1.64. The number of carbonyl (C=O) groups is 2. The molecule has 0 atom stereocenters. The lowest BCUT2D eigenvalue weighted by molar-refractivity contribution is -0.122. The first-order valence-corrected chi connectivity index (χ1v) is 5.74. The molecule has 1 aromatic rings. The zero-order valence-corrected chi connectivity index (χ0v) is 9.81. The molecule has 1 aromatic carbocycles. The molecule has 2 rings (SSSR count). The molecule has 4 heteroatoms. The van der Waals surface area contributed by atoms with E-state index in [1.807, 2.05) is 19.1 Å². The highest BCUT2D eigenvalue weighted by atomic mass is 16.5. The molecular formula is C13H15NO3. The molecule has 0 radical (unpaired) electrons. The molecule has 0 fully saturated rings. The summed E-state index contributed by atoms with van der Waals surface area (Å²) in [6.45, 7) is 2.88. The fourth-order valence-corrected chi connectivity index (χ4v) is 1.94. The van der Waals surface area contributed by atoms with E-state index in [-0.39, 0.29) is 18.3 Å². The van der Waals surface area contributed by atoms with Gasteiger partial charge in [-0.1, -0.05) is 12.1 Å². The van der Waals surface area contributed by atoms with Gasteiger partial charge in [-0.05, 0) is 19.1 Å². The third-order valence-electron chi connectivity index (χ3n) is 2.79. The molecule has 17 heavy (non-hydrogen) atoms. The molecule has 0 unspecified atom stereocenters. The summed E-state index contributed by atoms with van der Waals surface area (Å²) < 4.78 is 5.11. The summed E-state index contributed by atoms with van der Waals surface area (Å²) in [7, 11) is 0. The summed E-state index contributed by atoms with van der Waals surface area (Å²) in [4.78, 5) is 25.2. The molecule has 4 nitrogen and oxygen atoms in total. The van der Waals surface area contributed by atoms with Gasteiger partial charge < -0.3 is 9.64 Å². The normalized spacial score (nSPS) is 14.6. The number of ketones is 1. The number of amides is 1. The van der Waals surface area contributed by atoms with Crippen LogP contribution in [-0.4, -0.2) is 31.4 Å². The van der Waals surface area contributed by atoms with Gasteiger partial charge >= 0.3 is 0 Å². The molecule has 0 saturated carbocycles. The van der Waals surface area contributed by atoms with E-state index in [4.69, 9.17) is 4.74 Å². The second-order valence-corrected chi connectivity index (χ2v) is 3.87. The fraction of sp³-hybridized carbons (Fsp3) is 0.385. The summed E-state index contributed by atoms with van der Waals surface area (Å²) in [5, 5.41) is 0. The van der Waals surface area contributed by atoms with E-state index in [9.17, 15) is 9.59 Å². The maximum atomic E-state index is 11.9. The second-order valence-electron chi connectivity index (χ2n) is 3.87. The number of hydrogen-bond donors (Lipinski definition) is 0. The number of ether oxygens (including phenoxy) is 1. The molecule has 0 N–H and O–H groups in total. The van der Waals surface area contributed by atoms with Crippen molar-refractivity contribution in [1.82, 2.24) is 0 Å². The van der Waals surface area contributed by atoms with Crippen LogP contribution < -0.4 is 4.90 Å². The molecular weight excluding hydrogens is 218 g/mol. The molecule has 0 bridgehead atoms. The van der Waals surface area contributed by atoms with E-state index in [1.165, 1.54) is 0 Å². The summed E-state index contributed by atoms with van der Waals surface area (Å²) in [6.07, 6.45) is 0.384. The maximum Gasteiger partial charge on any atom is 0.253 e. The minimum absolute atomic E-state index is 0.0685. The van der Waals surface area contributed by atoms with Crippen LogP contribution in [0.5, 0.6) is 0 Å². The molecule has 0 saturated heterocycles. The Morgan fingerprint density at radius 1 is 1.41 bits per heavy atom. The van der Waals surface area contributed by atoms with Gasteiger partial charge in [-0.2, -0.15) is 0 Å². The van der Waals surface area contributed by atoms with E-state index >= 15 is 0 Å². The van der Waals surface area contributed by atoms with Gasteiger partial charge in [0.25, 0.3) is 5.91 Å². The van der Waals surface area contributed by atoms with Gasteiger partial charge in [-0.25, -0.2) is 0 Å². The number of para-hydroxylation sites is 1. The minimum Gasteiger partial charge on any atom is -0.372 e. The number of carbonyl (C=O) groups excluding carboxylic acids is 2. The standard InChI is InChI=1S/C13H15NO3/c1-2-17-9-13(16)14-8-7-12(15)10-5-3-4-6-11(10)14/h3-6H,2,7-9H2,1H3. The first-order chi connectivity index (χ1) is 8.24. The number of fused-ring (bicyclic) bond motifs is 1. The molecule has 0 aromatic heterocycles. The van der Waals surface area contributed by atoms with Crippen molar-refractivity contribution in [1.29, 1.82) is 0 Å². The summed E-state index contributed by atoms with van der Waals surface area (Å²) in [5.41, 5.74) is 1.33. The van der Waals surface area contributed by atoms with Gasteiger partial charge in [-0.15, -0.1) is 0 Å². The SMILES string of the molecule is CCOCC(=O)N1CCC(=O)c2ccccc21. The van der Waals surface area contributed by atoms with Gasteiger partial charge in [0.1, 0.15) is 6.61 Å². The van der Waals surface area contributed by atoms with E-state index in [0.717, 1.165) is 0 Å². The molecule has 1 aliphatic rings. The lowest BCUT2D eigenvalue weighted by atomic mass is 10.0. The van der Waals surface area contributed by atoms with Crippen LogP contribution in [0.25, 0.3) is 0 Å². The zero-order chi connectivity index (χ0) is 12.3. The van der Waals surface area contributed by atoms with E-state index in [1.54, 1.807) is 17.0 Å². The van der Waals surface area contributed by atoms with Crippen LogP contribution in [0.15, 0.2) is 24.3 Å². The summed E-state index contributed by atoms with van der Waals surface area (Å²) in [5.74, 6) is 0.00728. The highest BCUT2D eigenvalue weighted by Crippen LogP contribution is 2.26. The van der Waals surface area contributed by atoms with Crippen LogP contribution >= 0.6 is 0 Å². The Labute approximate surface area is 100 Å². The van der Waals surface area contributed by atoms with Crippen molar-refractivity contribution in [2.75, 3.05) is 24.7 Å². The Morgan fingerprint density at radius 2 is 2.18 bits per heavy atom. The first kappa shape index (κ1) is 11.8. The van der Waals surface area contributed by atoms with Gasteiger partial charge in [0.05, 0.1) is 5.69 Å². The average molecular weight is 233 g/mol. The Balaban J connectivity index is 2.24.